The SMILES string of the molecule is [O-][n+]1ccccc1N=Nc1ccc(O)c2ncccc12. The lowest BCUT2D eigenvalue weighted by atomic mass is 10.2. The number of pyridine rings is 2. The van der Waals surface area contributed by atoms with Crippen molar-refractivity contribution >= 4 is 22.4 Å². The largest absolute Gasteiger partial charge is 0.710 e. The number of benzene rings is 1. The molecule has 0 amide bonds. The second-order valence-corrected chi connectivity index (χ2v) is 4.09. The van der Waals surface area contributed by atoms with Crippen molar-refractivity contribution in [3.05, 3.63) is 60.1 Å². The zero-order valence-corrected chi connectivity index (χ0v) is 10.3. The highest BCUT2D eigenvalue weighted by Crippen LogP contribution is 2.31. The van der Waals surface area contributed by atoms with Crippen LogP contribution in [0.1, 0.15) is 0 Å². The van der Waals surface area contributed by atoms with Gasteiger partial charge in [-0.1, -0.05) is 6.07 Å². The van der Waals surface area contributed by atoms with Gasteiger partial charge in [0, 0.05) is 17.6 Å². The minimum atomic E-state index is 0.0816. The van der Waals surface area contributed by atoms with E-state index >= 15 is 0 Å². The summed E-state index contributed by atoms with van der Waals surface area (Å²) in [5.41, 5.74) is 0.988. The van der Waals surface area contributed by atoms with Crippen LogP contribution < -0.4 is 4.73 Å². The molecule has 0 radical (unpaired) electrons. The topological polar surface area (TPSA) is 84.8 Å². The van der Waals surface area contributed by atoms with Crippen LogP contribution in [0.15, 0.2) is 65.1 Å². The van der Waals surface area contributed by atoms with Crippen molar-refractivity contribution in [1.29, 1.82) is 0 Å². The van der Waals surface area contributed by atoms with Gasteiger partial charge >= 0.3 is 5.82 Å². The summed E-state index contributed by atoms with van der Waals surface area (Å²) < 4.78 is 0.629. The van der Waals surface area contributed by atoms with E-state index in [1.807, 2.05) is 0 Å². The molecule has 0 aliphatic rings. The molecule has 0 atom stereocenters. The molecule has 3 rings (SSSR count). The molecular weight excluding hydrogens is 256 g/mol. The fraction of sp³-hybridized carbons (Fsp3) is 0. The second-order valence-electron chi connectivity index (χ2n) is 4.09. The first-order valence-corrected chi connectivity index (χ1v) is 5.92. The summed E-state index contributed by atoms with van der Waals surface area (Å²) in [6, 6.07) is 11.5. The summed E-state index contributed by atoms with van der Waals surface area (Å²) in [5.74, 6) is 0.274. The third-order valence-corrected chi connectivity index (χ3v) is 2.79. The number of hydrogen-bond acceptors (Lipinski definition) is 5. The van der Waals surface area contributed by atoms with Crippen LogP contribution in [0.25, 0.3) is 10.9 Å². The normalized spacial score (nSPS) is 11.2. The van der Waals surface area contributed by atoms with Gasteiger partial charge in [0.2, 0.25) is 0 Å². The maximum absolute atomic E-state index is 11.5. The van der Waals surface area contributed by atoms with E-state index in [4.69, 9.17) is 0 Å². The number of rotatable bonds is 2. The number of aromatic hydroxyl groups is 1. The molecule has 0 saturated carbocycles. The molecule has 6 heteroatoms. The van der Waals surface area contributed by atoms with Crippen LogP contribution in [0.3, 0.4) is 0 Å². The molecule has 0 aliphatic heterocycles. The van der Waals surface area contributed by atoms with Crippen LogP contribution in [0.2, 0.25) is 0 Å². The fourth-order valence-electron chi connectivity index (χ4n) is 1.83. The zero-order chi connectivity index (χ0) is 13.9. The number of hydrogen-bond donors (Lipinski definition) is 1. The molecule has 2 heterocycles. The summed E-state index contributed by atoms with van der Waals surface area (Å²) in [7, 11) is 0. The van der Waals surface area contributed by atoms with E-state index in [1.165, 1.54) is 12.3 Å². The van der Waals surface area contributed by atoms with Gasteiger partial charge in [0.25, 0.3) is 0 Å². The second kappa shape index (κ2) is 4.93. The van der Waals surface area contributed by atoms with Gasteiger partial charge in [-0.2, -0.15) is 0 Å². The Morgan fingerprint density at radius 3 is 2.80 bits per heavy atom. The smallest absolute Gasteiger partial charge is 0.353 e. The molecule has 1 N–H and O–H groups in total. The summed E-state index contributed by atoms with van der Waals surface area (Å²) in [5, 5.41) is 29.9. The molecule has 3 aromatic rings. The van der Waals surface area contributed by atoms with Crippen LogP contribution in [0, 0.1) is 5.21 Å². The van der Waals surface area contributed by atoms with E-state index in [2.05, 4.69) is 15.2 Å². The Balaban J connectivity index is 2.08. The first-order valence-electron chi connectivity index (χ1n) is 5.92. The van der Waals surface area contributed by atoms with Gasteiger partial charge in [0.1, 0.15) is 17.0 Å². The van der Waals surface area contributed by atoms with Crippen molar-refractivity contribution < 1.29 is 9.84 Å². The van der Waals surface area contributed by atoms with E-state index in [-0.39, 0.29) is 11.6 Å². The predicted octanol–water partition coefficient (Wildman–Crippen LogP) is 2.99. The average Bonchev–Trinajstić information content (AvgIpc) is 2.48. The monoisotopic (exact) mass is 266 g/mol. The molecule has 2 aromatic heterocycles. The van der Waals surface area contributed by atoms with Crippen molar-refractivity contribution in [2.45, 2.75) is 0 Å². The lowest BCUT2D eigenvalue weighted by molar-refractivity contribution is -0.591. The van der Waals surface area contributed by atoms with Crippen LogP contribution >= 0.6 is 0 Å². The summed E-state index contributed by atoms with van der Waals surface area (Å²) in [6.45, 7) is 0. The zero-order valence-electron chi connectivity index (χ0n) is 10.3. The Kier molecular flexibility index (Phi) is 2.96. The first-order chi connectivity index (χ1) is 9.75. The highest BCUT2D eigenvalue weighted by Gasteiger charge is 2.08. The highest BCUT2D eigenvalue weighted by atomic mass is 16.5. The molecule has 0 fully saturated rings. The van der Waals surface area contributed by atoms with Crippen LogP contribution in [-0.2, 0) is 0 Å². The van der Waals surface area contributed by atoms with Gasteiger partial charge < -0.3 is 10.3 Å². The fourth-order valence-corrected chi connectivity index (χ4v) is 1.83. The molecule has 6 nitrogen and oxygen atoms in total. The third-order valence-electron chi connectivity index (χ3n) is 2.79. The Morgan fingerprint density at radius 1 is 1.05 bits per heavy atom. The average molecular weight is 266 g/mol. The predicted molar refractivity (Wildman–Crippen MR) is 73.0 cm³/mol. The van der Waals surface area contributed by atoms with Crippen molar-refractivity contribution in [3.63, 3.8) is 0 Å². The maximum atomic E-state index is 11.5. The number of azo groups is 1. The van der Waals surface area contributed by atoms with E-state index in [0.29, 0.717) is 21.3 Å². The lowest BCUT2D eigenvalue weighted by Gasteiger charge is -2.01. The molecule has 0 unspecified atom stereocenters. The summed E-state index contributed by atoms with van der Waals surface area (Å²) in [6.07, 6.45) is 2.94. The highest BCUT2D eigenvalue weighted by molar-refractivity contribution is 5.93. The van der Waals surface area contributed by atoms with E-state index < -0.39 is 0 Å². The quantitative estimate of drug-likeness (QED) is 0.439. The molecule has 1 aromatic carbocycles. The van der Waals surface area contributed by atoms with Gasteiger partial charge in [-0.05, 0) is 35.4 Å². The van der Waals surface area contributed by atoms with Crippen molar-refractivity contribution in [2.75, 3.05) is 0 Å². The Labute approximate surface area is 114 Å². The maximum Gasteiger partial charge on any atom is 0.353 e. The van der Waals surface area contributed by atoms with Gasteiger partial charge in [0.05, 0.1) is 11.3 Å². The van der Waals surface area contributed by atoms with Crippen LogP contribution in [0.5, 0.6) is 5.75 Å². The number of fused-ring (bicyclic) bond motifs is 1. The van der Waals surface area contributed by atoms with E-state index in [9.17, 15) is 10.3 Å². The minimum absolute atomic E-state index is 0.0816. The standard InChI is InChI=1S/C14H10N4O2/c19-12-7-6-11(10-4-3-8-15-14(10)12)16-17-13-5-1-2-9-18(13)20/h1-9,19H. The molecule has 0 saturated heterocycles. The lowest BCUT2D eigenvalue weighted by Crippen LogP contribution is -2.24. The number of nitrogens with zero attached hydrogens (tertiary/aromatic N) is 4. The van der Waals surface area contributed by atoms with Gasteiger partial charge in [-0.25, -0.2) is 4.73 Å². The number of phenolic OH excluding ortho intramolecular Hbond substituents is 1. The van der Waals surface area contributed by atoms with Crippen molar-refractivity contribution in [3.8, 4) is 5.75 Å². The van der Waals surface area contributed by atoms with Crippen molar-refractivity contribution in [1.82, 2.24) is 4.98 Å². The molecule has 0 spiro atoms. The third kappa shape index (κ3) is 2.14. The van der Waals surface area contributed by atoms with Gasteiger partial charge in [-0.3, -0.25) is 4.98 Å². The van der Waals surface area contributed by atoms with Gasteiger partial charge in [0.15, 0.2) is 0 Å². The molecule has 0 bridgehead atoms. The molecule has 98 valence electrons. The Bertz CT molecular complexity index is 802. The van der Waals surface area contributed by atoms with Crippen LogP contribution in [0.4, 0.5) is 11.5 Å². The van der Waals surface area contributed by atoms with E-state index in [1.54, 1.807) is 42.6 Å². The molecular formula is C14H10N4O2. The Morgan fingerprint density at radius 2 is 1.95 bits per heavy atom. The Hall–Kier alpha value is -3.02. The minimum Gasteiger partial charge on any atom is -0.710 e. The molecule has 20 heavy (non-hydrogen) atoms. The molecule has 0 aliphatic carbocycles. The summed E-state index contributed by atoms with van der Waals surface area (Å²) >= 11 is 0. The van der Waals surface area contributed by atoms with E-state index in [0.717, 1.165) is 0 Å². The van der Waals surface area contributed by atoms with Gasteiger partial charge in [-0.15, -0.1) is 0 Å². The number of aromatic nitrogens is 2. The van der Waals surface area contributed by atoms with Crippen LogP contribution in [-0.4, -0.2) is 10.1 Å². The number of phenols is 1. The summed E-state index contributed by atoms with van der Waals surface area (Å²) in [4.78, 5) is 4.10. The van der Waals surface area contributed by atoms with Crippen molar-refractivity contribution in [2.24, 2.45) is 10.2 Å². The first kappa shape index (κ1) is 12.0.